The number of carbonyl (C=O) groups is 4. The van der Waals surface area contributed by atoms with E-state index in [0.29, 0.717) is 53.8 Å². The highest BCUT2D eigenvalue weighted by molar-refractivity contribution is 6.31. The minimum atomic E-state index is -0.943. The van der Waals surface area contributed by atoms with Crippen LogP contribution in [0.3, 0.4) is 0 Å². The Morgan fingerprint density at radius 3 is 2.43 bits per heavy atom. The standard InChI is InChI=1S/C46H46ClN5O8/c1-27-23-32(15-17-35(27)47)41-39(19-16-33(43(41)54)37-24-29(3)50-51(37)4)59-25-31-13-11-30(12-14-31)7-6-21-58-22-20-48-40(53)26-60-38-9-5-8-34-42(38)46(57)52(45(34)56)36-18-10-28(2)49-44(36)55/h5,8-9,11-17,19,23-24,36,54H,2,6-7,10,18,20-22,25-26H2,1,3-4H3,(H,48,53)(H,49,55). The topological polar surface area (TPSA) is 161 Å². The number of carbonyl (C=O) groups excluding carboxylic acids is 4. The Morgan fingerprint density at radius 1 is 0.933 bits per heavy atom. The van der Waals surface area contributed by atoms with Crippen molar-refractivity contribution in [2.75, 3.05) is 26.4 Å². The normalized spacial score (nSPS) is 14.9. The fourth-order valence-electron chi connectivity index (χ4n) is 7.43. The van der Waals surface area contributed by atoms with Gasteiger partial charge in [0.05, 0.1) is 34.7 Å². The van der Waals surface area contributed by atoms with E-state index in [1.165, 1.54) is 12.1 Å². The number of fused-ring (bicyclic) bond motifs is 1. The van der Waals surface area contributed by atoms with Gasteiger partial charge in [-0.3, -0.25) is 28.8 Å². The molecule has 0 radical (unpaired) electrons. The molecule has 3 N–H and O–H groups in total. The van der Waals surface area contributed by atoms with Crippen molar-refractivity contribution in [3.63, 3.8) is 0 Å². The quantitative estimate of drug-likeness (QED) is 0.0715. The predicted molar refractivity (Wildman–Crippen MR) is 226 cm³/mol. The largest absolute Gasteiger partial charge is 0.506 e. The highest BCUT2D eigenvalue weighted by atomic mass is 35.5. The molecule has 7 rings (SSSR count). The van der Waals surface area contributed by atoms with Crippen molar-refractivity contribution in [2.45, 2.75) is 52.2 Å². The summed E-state index contributed by atoms with van der Waals surface area (Å²) in [6.07, 6.45) is 2.31. The number of ether oxygens (including phenoxy) is 3. The third kappa shape index (κ3) is 9.07. The number of benzene rings is 4. The van der Waals surface area contributed by atoms with Crippen LogP contribution in [0.2, 0.25) is 5.02 Å². The molecule has 1 saturated heterocycles. The summed E-state index contributed by atoms with van der Waals surface area (Å²) < 4.78 is 19.5. The fraction of sp³-hybridized carbons (Fsp3) is 0.283. The van der Waals surface area contributed by atoms with Crippen LogP contribution < -0.4 is 20.1 Å². The molecule has 3 heterocycles. The molecule has 310 valence electrons. The van der Waals surface area contributed by atoms with Gasteiger partial charge in [0.25, 0.3) is 17.7 Å². The molecule has 4 aromatic carbocycles. The van der Waals surface area contributed by atoms with Crippen LogP contribution in [0.4, 0.5) is 0 Å². The summed E-state index contributed by atoms with van der Waals surface area (Å²) in [5.74, 6) is -1.34. The number of nitrogens with zero attached hydrogens (tertiary/aromatic N) is 3. The molecule has 1 unspecified atom stereocenters. The molecule has 1 fully saturated rings. The number of allylic oxidation sites excluding steroid dienone is 1. The molecule has 60 heavy (non-hydrogen) atoms. The lowest BCUT2D eigenvalue weighted by atomic mass is 9.97. The first-order valence-electron chi connectivity index (χ1n) is 19.7. The van der Waals surface area contributed by atoms with Crippen LogP contribution in [-0.2, 0) is 34.4 Å². The van der Waals surface area contributed by atoms with E-state index in [0.717, 1.165) is 51.4 Å². The van der Waals surface area contributed by atoms with E-state index < -0.39 is 29.7 Å². The Balaban J connectivity index is 0.844. The van der Waals surface area contributed by atoms with Crippen LogP contribution in [0.25, 0.3) is 22.4 Å². The monoisotopic (exact) mass is 831 g/mol. The molecular weight excluding hydrogens is 786 g/mol. The number of imide groups is 1. The van der Waals surface area contributed by atoms with Crippen molar-refractivity contribution in [3.05, 3.63) is 130 Å². The van der Waals surface area contributed by atoms with Gasteiger partial charge in [0.15, 0.2) is 6.61 Å². The smallest absolute Gasteiger partial charge is 0.266 e. The van der Waals surface area contributed by atoms with E-state index in [9.17, 15) is 24.3 Å². The summed E-state index contributed by atoms with van der Waals surface area (Å²) in [5, 5.41) is 22.0. The second-order valence-electron chi connectivity index (χ2n) is 14.9. The number of rotatable bonds is 16. The lowest BCUT2D eigenvalue weighted by Crippen LogP contribution is -2.51. The zero-order chi connectivity index (χ0) is 42.5. The van der Waals surface area contributed by atoms with Gasteiger partial charge in [0.1, 0.15) is 29.9 Å². The molecule has 1 aromatic heterocycles. The van der Waals surface area contributed by atoms with Crippen molar-refractivity contribution in [2.24, 2.45) is 7.05 Å². The number of aromatic hydroxyl groups is 1. The van der Waals surface area contributed by atoms with Gasteiger partial charge in [-0.1, -0.05) is 54.6 Å². The first-order valence-corrected chi connectivity index (χ1v) is 20.1. The van der Waals surface area contributed by atoms with Crippen LogP contribution in [-0.4, -0.2) is 75.8 Å². The van der Waals surface area contributed by atoms with Crippen molar-refractivity contribution in [1.29, 1.82) is 0 Å². The third-order valence-corrected chi connectivity index (χ3v) is 10.9. The molecule has 5 aromatic rings. The number of aromatic nitrogens is 2. The van der Waals surface area contributed by atoms with Gasteiger partial charge >= 0.3 is 0 Å². The SMILES string of the molecule is C=C1CCC(N2C(=O)c3cccc(OCC(=O)NCCOCCCc4ccc(COc5ccc(-c6cc(C)nn6C)c(O)c5-c5ccc(Cl)c(C)c5)cc4)c3C2=O)C(=O)N1. The highest BCUT2D eigenvalue weighted by Gasteiger charge is 2.45. The number of halogens is 1. The zero-order valence-corrected chi connectivity index (χ0v) is 34.4. The zero-order valence-electron chi connectivity index (χ0n) is 33.7. The van der Waals surface area contributed by atoms with Crippen molar-refractivity contribution >= 4 is 35.2 Å². The molecule has 4 amide bonds. The van der Waals surface area contributed by atoms with Crippen molar-refractivity contribution in [1.82, 2.24) is 25.3 Å². The maximum Gasteiger partial charge on any atom is 0.266 e. The molecule has 0 bridgehead atoms. The van der Waals surface area contributed by atoms with Gasteiger partial charge in [0.2, 0.25) is 5.91 Å². The Hall–Kier alpha value is -6.44. The van der Waals surface area contributed by atoms with Gasteiger partial charge in [-0.2, -0.15) is 5.10 Å². The number of phenols is 1. The van der Waals surface area contributed by atoms with Gasteiger partial charge in [0, 0.05) is 36.5 Å². The molecule has 13 nitrogen and oxygen atoms in total. The van der Waals surface area contributed by atoms with Gasteiger partial charge in [-0.25, -0.2) is 0 Å². The average Bonchev–Trinajstić information content (AvgIpc) is 3.70. The number of amides is 4. The van der Waals surface area contributed by atoms with Gasteiger partial charge < -0.3 is 30.0 Å². The van der Waals surface area contributed by atoms with E-state index >= 15 is 0 Å². The van der Waals surface area contributed by atoms with Crippen LogP contribution in [0, 0.1) is 13.8 Å². The van der Waals surface area contributed by atoms with Crippen molar-refractivity contribution < 1.29 is 38.5 Å². The lowest BCUT2D eigenvalue weighted by Gasteiger charge is -2.29. The molecule has 0 spiro atoms. The number of aryl methyl sites for hydroxylation is 4. The van der Waals surface area contributed by atoms with Crippen molar-refractivity contribution in [3.8, 4) is 39.6 Å². The maximum atomic E-state index is 13.3. The summed E-state index contributed by atoms with van der Waals surface area (Å²) in [7, 11) is 1.85. The first kappa shape index (κ1) is 41.7. The van der Waals surface area contributed by atoms with E-state index in [4.69, 9.17) is 25.8 Å². The number of phenolic OH excluding ortho intramolecular Hbond substituents is 1. The molecule has 2 aliphatic rings. The number of piperidine rings is 1. The molecular formula is C46H46ClN5O8. The van der Waals surface area contributed by atoms with Gasteiger partial charge in [-0.05, 0) is 104 Å². The third-order valence-electron chi connectivity index (χ3n) is 10.5. The molecule has 0 saturated carbocycles. The summed E-state index contributed by atoms with van der Waals surface area (Å²) >= 11 is 6.34. The van der Waals surface area contributed by atoms with E-state index in [-0.39, 0.29) is 42.2 Å². The van der Waals surface area contributed by atoms with Gasteiger partial charge in [-0.15, -0.1) is 0 Å². The first-order chi connectivity index (χ1) is 28.9. The lowest BCUT2D eigenvalue weighted by molar-refractivity contribution is -0.125. The summed E-state index contributed by atoms with van der Waals surface area (Å²) in [6.45, 7) is 8.57. The van der Waals surface area contributed by atoms with Crippen LogP contribution in [0.15, 0.2) is 91.1 Å². The van der Waals surface area contributed by atoms with E-state index in [1.807, 2.05) is 69.4 Å². The minimum absolute atomic E-state index is 0.0390. The molecule has 0 aliphatic carbocycles. The summed E-state index contributed by atoms with van der Waals surface area (Å²) in [6, 6.07) is 23.1. The molecule has 1 atom stereocenters. The number of hydrogen-bond acceptors (Lipinski definition) is 9. The fourth-order valence-corrected chi connectivity index (χ4v) is 7.54. The Labute approximate surface area is 352 Å². The Kier molecular flexibility index (Phi) is 12.7. The van der Waals surface area contributed by atoms with Crippen LogP contribution in [0.5, 0.6) is 17.2 Å². The second kappa shape index (κ2) is 18.2. The number of hydrogen-bond donors (Lipinski definition) is 3. The Morgan fingerprint density at radius 2 is 1.70 bits per heavy atom. The minimum Gasteiger partial charge on any atom is -0.506 e. The van der Waals surface area contributed by atoms with Crippen LogP contribution >= 0.6 is 11.6 Å². The molecule has 2 aliphatic heterocycles. The maximum absolute atomic E-state index is 13.3. The Bertz CT molecular complexity index is 2480. The molecule has 14 heteroatoms. The highest BCUT2D eigenvalue weighted by Crippen LogP contribution is 2.45. The number of nitrogens with one attached hydrogen (secondary N) is 2. The predicted octanol–water partition coefficient (Wildman–Crippen LogP) is 6.84. The van der Waals surface area contributed by atoms with Crippen LogP contribution in [0.1, 0.15) is 62.4 Å². The average molecular weight is 832 g/mol. The summed E-state index contributed by atoms with van der Waals surface area (Å²) in [4.78, 5) is 52.4. The second-order valence-corrected chi connectivity index (χ2v) is 15.3. The van der Waals surface area contributed by atoms with E-state index in [2.05, 4.69) is 34.4 Å². The van der Waals surface area contributed by atoms with E-state index in [1.54, 1.807) is 10.7 Å². The summed E-state index contributed by atoms with van der Waals surface area (Å²) in [5.41, 5.74) is 7.36.